The molecule has 0 bridgehead atoms. The van der Waals surface area contributed by atoms with Crippen molar-refractivity contribution in [2.75, 3.05) is 6.54 Å². The maximum Gasteiger partial charge on any atom is 0.234 e. The van der Waals surface area contributed by atoms with Crippen LogP contribution in [0.4, 0.5) is 0 Å². The third kappa shape index (κ3) is 2.61. The highest BCUT2D eigenvalue weighted by Crippen LogP contribution is 2.39. The molecule has 1 aromatic rings. The lowest BCUT2D eigenvalue weighted by Crippen LogP contribution is -2.46. The van der Waals surface area contributed by atoms with Gasteiger partial charge in [0.2, 0.25) is 5.91 Å². The SMILES string of the molecule is NCC(=O)NC1(c2cccc(Cl)c2)CCCC1. The Bertz CT molecular complexity index is 414. The first-order valence-corrected chi connectivity index (χ1v) is 6.31. The second-order valence-electron chi connectivity index (χ2n) is 4.55. The van der Waals surface area contributed by atoms with E-state index in [0.29, 0.717) is 5.02 Å². The first-order chi connectivity index (χ1) is 8.16. The van der Waals surface area contributed by atoms with E-state index in [4.69, 9.17) is 17.3 Å². The van der Waals surface area contributed by atoms with Gasteiger partial charge in [-0.15, -0.1) is 0 Å². The number of carbonyl (C=O) groups is 1. The van der Waals surface area contributed by atoms with Crippen LogP contribution < -0.4 is 11.1 Å². The second-order valence-corrected chi connectivity index (χ2v) is 4.99. The number of rotatable bonds is 3. The van der Waals surface area contributed by atoms with E-state index in [9.17, 15) is 4.79 Å². The Kier molecular flexibility index (Phi) is 3.69. The summed E-state index contributed by atoms with van der Waals surface area (Å²) in [7, 11) is 0. The summed E-state index contributed by atoms with van der Waals surface area (Å²) in [5.74, 6) is -0.105. The molecule has 0 atom stereocenters. The number of hydrogen-bond acceptors (Lipinski definition) is 2. The summed E-state index contributed by atoms with van der Waals surface area (Å²) >= 11 is 6.02. The molecule has 2 rings (SSSR count). The van der Waals surface area contributed by atoms with Gasteiger partial charge in [-0.1, -0.05) is 36.6 Å². The third-order valence-electron chi connectivity index (χ3n) is 3.40. The molecule has 1 saturated carbocycles. The maximum absolute atomic E-state index is 11.6. The number of nitrogens with one attached hydrogen (secondary N) is 1. The van der Waals surface area contributed by atoms with Crippen LogP contribution in [0.5, 0.6) is 0 Å². The van der Waals surface area contributed by atoms with E-state index in [1.165, 1.54) is 0 Å². The van der Waals surface area contributed by atoms with E-state index >= 15 is 0 Å². The molecule has 0 aromatic heterocycles. The number of amides is 1. The molecule has 0 aliphatic heterocycles. The van der Waals surface area contributed by atoms with Crippen molar-refractivity contribution in [1.29, 1.82) is 0 Å². The van der Waals surface area contributed by atoms with Gasteiger partial charge >= 0.3 is 0 Å². The molecule has 0 unspecified atom stereocenters. The van der Waals surface area contributed by atoms with Gasteiger partial charge in [-0.05, 0) is 30.5 Å². The van der Waals surface area contributed by atoms with Gasteiger partial charge in [-0.2, -0.15) is 0 Å². The third-order valence-corrected chi connectivity index (χ3v) is 3.63. The molecular formula is C13H17ClN2O. The van der Waals surface area contributed by atoms with Crippen molar-refractivity contribution in [2.45, 2.75) is 31.2 Å². The van der Waals surface area contributed by atoms with Crippen LogP contribution in [0.2, 0.25) is 5.02 Å². The molecule has 0 heterocycles. The fraction of sp³-hybridized carbons (Fsp3) is 0.462. The van der Waals surface area contributed by atoms with Gasteiger partial charge in [0.25, 0.3) is 0 Å². The molecule has 3 nitrogen and oxygen atoms in total. The number of benzene rings is 1. The molecular weight excluding hydrogens is 236 g/mol. The van der Waals surface area contributed by atoms with Gasteiger partial charge in [0.1, 0.15) is 0 Å². The van der Waals surface area contributed by atoms with Gasteiger partial charge in [-0.25, -0.2) is 0 Å². The molecule has 1 amide bonds. The molecule has 4 heteroatoms. The van der Waals surface area contributed by atoms with Gasteiger partial charge in [0.05, 0.1) is 12.1 Å². The molecule has 0 spiro atoms. The van der Waals surface area contributed by atoms with E-state index in [1.807, 2.05) is 24.3 Å². The highest BCUT2D eigenvalue weighted by molar-refractivity contribution is 6.30. The number of halogens is 1. The van der Waals surface area contributed by atoms with Gasteiger partial charge < -0.3 is 11.1 Å². The summed E-state index contributed by atoms with van der Waals surface area (Å²) in [6.07, 6.45) is 4.16. The molecule has 92 valence electrons. The van der Waals surface area contributed by atoms with E-state index < -0.39 is 0 Å². The van der Waals surface area contributed by atoms with Crippen LogP contribution in [-0.4, -0.2) is 12.5 Å². The minimum absolute atomic E-state index is 0.0301. The number of hydrogen-bond donors (Lipinski definition) is 2. The summed E-state index contributed by atoms with van der Waals surface area (Å²) in [6, 6.07) is 7.72. The van der Waals surface area contributed by atoms with Crippen molar-refractivity contribution in [3.63, 3.8) is 0 Å². The van der Waals surface area contributed by atoms with Gasteiger partial charge in [-0.3, -0.25) is 4.79 Å². The lowest BCUT2D eigenvalue weighted by atomic mass is 9.88. The Labute approximate surface area is 106 Å². The number of carbonyl (C=O) groups excluding carboxylic acids is 1. The predicted octanol–water partition coefficient (Wildman–Crippen LogP) is 2.18. The van der Waals surface area contributed by atoms with Crippen LogP contribution in [0, 0.1) is 0 Å². The summed E-state index contributed by atoms with van der Waals surface area (Å²) < 4.78 is 0. The topological polar surface area (TPSA) is 55.1 Å². The Morgan fingerprint density at radius 1 is 1.41 bits per heavy atom. The van der Waals surface area contributed by atoms with Crippen molar-refractivity contribution in [3.05, 3.63) is 34.9 Å². The second kappa shape index (κ2) is 5.07. The molecule has 1 fully saturated rings. The van der Waals surface area contributed by atoms with Gasteiger partial charge in [0, 0.05) is 5.02 Å². The van der Waals surface area contributed by atoms with Crippen LogP contribution >= 0.6 is 11.6 Å². The van der Waals surface area contributed by atoms with Crippen molar-refractivity contribution in [1.82, 2.24) is 5.32 Å². The zero-order valence-corrected chi connectivity index (χ0v) is 10.5. The van der Waals surface area contributed by atoms with Crippen molar-refractivity contribution in [2.24, 2.45) is 5.73 Å². The van der Waals surface area contributed by atoms with E-state index in [0.717, 1.165) is 31.2 Å². The summed E-state index contributed by atoms with van der Waals surface area (Å²) in [5.41, 5.74) is 6.20. The fourth-order valence-corrected chi connectivity index (χ4v) is 2.76. The quantitative estimate of drug-likeness (QED) is 0.867. The standard InChI is InChI=1S/C13H17ClN2O/c14-11-5-3-4-10(8-11)13(6-1-2-7-13)16-12(17)9-15/h3-5,8H,1-2,6-7,9,15H2,(H,16,17). The monoisotopic (exact) mass is 252 g/mol. The molecule has 1 aromatic carbocycles. The van der Waals surface area contributed by atoms with Crippen molar-refractivity contribution >= 4 is 17.5 Å². The molecule has 1 aliphatic carbocycles. The minimum Gasteiger partial charge on any atom is -0.345 e. The smallest absolute Gasteiger partial charge is 0.234 e. The maximum atomic E-state index is 11.6. The Morgan fingerprint density at radius 2 is 2.12 bits per heavy atom. The van der Waals surface area contributed by atoms with Crippen molar-refractivity contribution in [3.8, 4) is 0 Å². The average molecular weight is 253 g/mol. The van der Waals surface area contributed by atoms with E-state index in [2.05, 4.69) is 5.32 Å². The highest BCUT2D eigenvalue weighted by Gasteiger charge is 2.36. The summed E-state index contributed by atoms with van der Waals surface area (Å²) in [5, 5.41) is 3.77. The lowest BCUT2D eigenvalue weighted by Gasteiger charge is -2.31. The zero-order valence-electron chi connectivity index (χ0n) is 9.71. The zero-order chi connectivity index (χ0) is 12.3. The Morgan fingerprint density at radius 3 is 2.71 bits per heavy atom. The molecule has 3 N–H and O–H groups in total. The molecule has 0 radical (unpaired) electrons. The van der Waals surface area contributed by atoms with Gasteiger partial charge in [0.15, 0.2) is 0 Å². The average Bonchev–Trinajstić information content (AvgIpc) is 2.79. The normalized spacial score (nSPS) is 18.0. The largest absolute Gasteiger partial charge is 0.345 e. The van der Waals surface area contributed by atoms with Crippen molar-refractivity contribution < 1.29 is 4.79 Å². The Balaban J connectivity index is 2.30. The predicted molar refractivity (Wildman–Crippen MR) is 68.8 cm³/mol. The highest BCUT2D eigenvalue weighted by atomic mass is 35.5. The summed E-state index contributed by atoms with van der Waals surface area (Å²) in [4.78, 5) is 11.6. The lowest BCUT2D eigenvalue weighted by molar-refractivity contribution is -0.121. The van der Waals surface area contributed by atoms with Crippen LogP contribution in [0.1, 0.15) is 31.2 Å². The first-order valence-electron chi connectivity index (χ1n) is 5.93. The van der Waals surface area contributed by atoms with Crippen LogP contribution in [-0.2, 0) is 10.3 Å². The molecule has 1 aliphatic rings. The van der Waals surface area contributed by atoms with E-state index in [-0.39, 0.29) is 18.0 Å². The van der Waals surface area contributed by atoms with Crippen LogP contribution in [0.25, 0.3) is 0 Å². The van der Waals surface area contributed by atoms with Crippen LogP contribution in [0.15, 0.2) is 24.3 Å². The molecule has 0 saturated heterocycles. The molecule has 17 heavy (non-hydrogen) atoms. The Hall–Kier alpha value is -1.06. The van der Waals surface area contributed by atoms with Crippen LogP contribution in [0.3, 0.4) is 0 Å². The minimum atomic E-state index is -0.263. The summed E-state index contributed by atoms with van der Waals surface area (Å²) in [6.45, 7) is 0.0301. The number of nitrogens with two attached hydrogens (primary N) is 1. The van der Waals surface area contributed by atoms with E-state index in [1.54, 1.807) is 0 Å². The fourth-order valence-electron chi connectivity index (χ4n) is 2.57. The first kappa shape index (κ1) is 12.4.